The van der Waals surface area contributed by atoms with Gasteiger partial charge in [0.25, 0.3) is 0 Å². The van der Waals surface area contributed by atoms with Gasteiger partial charge >= 0.3 is 0 Å². The molecule has 0 atom stereocenters. The summed E-state index contributed by atoms with van der Waals surface area (Å²) >= 11 is 0. The van der Waals surface area contributed by atoms with E-state index in [9.17, 15) is 0 Å². The average Bonchev–Trinajstić information content (AvgIpc) is 3.03. The highest BCUT2D eigenvalue weighted by Gasteiger charge is 1.96. The van der Waals surface area contributed by atoms with E-state index in [0.29, 0.717) is 0 Å². The number of rotatable bonds is 2. The zero-order valence-electron chi connectivity index (χ0n) is 10.1. The van der Waals surface area contributed by atoms with Gasteiger partial charge in [-0.25, -0.2) is 0 Å². The van der Waals surface area contributed by atoms with Crippen LogP contribution in [0.25, 0.3) is 12.2 Å². The largest absolute Gasteiger partial charge is 0.0617 e. The van der Waals surface area contributed by atoms with Gasteiger partial charge in [0.1, 0.15) is 0 Å². The predicted octanol–water partition coefficient (Wildman–Crippen LogP) is 4.71. The highest BCUT2D eigenvalue weighted by molar-refractivity contribution is 5.67. The molecule has 18 heavy (non-hydrogen) atoms. The molecule has 0 spiro atoms. The van der Waals surface area contributed by atoms with Crippen LogP contribution in [-0.4, -0.2) is 0 Å². The summed E-state index contributed by atoms with van der Waals surface area (Å²) in [5, 5.41) is 0. The van der Waals surface area contributed by atoms with Crippen LogP contribution in [0.1, 0.15) is 11.1 Å². The van der Waals surface area contributed by atoms with E-state index >= 15 is 0 Å². The maximum absolute atomic E-state index is 2.21. The van der Waals surface area contributed by atoms with Gasteiger partial charge in [-0.05, 0) is 40.5 Å². The number of allylic oxidation sites excluding steroid dienone is 10. The molecule has 0 unspecified atom stereocenters. The van der Waals surface area contributed by atoms with Crippen molar-refractivity contribution in [1.29, 1.82) is 0 Å². The van der Waals surface area contributed by atoms with Crippen LogP contribution in [0.15, 0.2) is 84.0 Å². The summed E-state index contributed by atoms with van der Waals surface area (Å²) in [4.78, 5) is 0. The first-order valence-electron chi connectivity index (χ1n) is 6.13. The molecule has 0 amide bonds. The van der Waals surface area contributed by atoms with Gasteiger partial charge in [0, 0.05) is 0 Å². The van der Waals surface area contributed by atoms with Crippen LogP contribution in [0.2, 0.25) is 0 Å². The zero-order valence-corrected chi connectivity index (χ0v) is 10.1. The lowest BCUT2D eigenvalue weighted by molar-refractivity contribution is 1.60. The maximum Gasteiger partial charge on any atom is -0.0245 e. The topological polar surface area (TPSA) is 0 Å². The van der Waals surface area contributed by atoms with E-state index in [0.717, 1.165) is 0 Å². The van der Waals surface area contributed by atoms with Crippen LogP contribution in [0.5, 0.6) is 0 Å². The van der Waals surface area contributed by atoms with Crippen molar-refractivity contribution in [2.45, 2.75) is 0 Å². The van der Waals surface area contributed by atoms with Crippen molar-refractivity contribution in [3.63, 3.8) is 0 Å². The monoisotopic (exact) mass is 230 g/mol. The quantitative estimate of drug-likeness (QED) is 0.690. The molecule has 3 rings (SSSR count). The van der Waals surface area contributed by atoms with Crippen LogP contribution < -0.4 is 0 Å². The molecule has 2 aliphatic carbocycles. The van der Waals surface area contributed by atoms with E-state index in [4.69, 9.17) is 0 Å². The van der Waals surface area contributed by atoms with Crippen molar-refractivity contribution < 1.29 is 0 Å². The molecule has 0 saturated carbocycles. The predicted molar refractivity (Wildman–Crippen MR) is 79.0 cm³/mol. The van der Waals surface area contributed by atoms with E-state index < -0.39 is 0 Å². The van der Waals surface area contributed by atoms with Crippen LogP contribution in [0, 0.1) is 0 Å². The fourth-order valence-electron chi connectivity index (χ4n) is 2.09. The fourth-order valence-corrected chi connectivity index (χ4v) is 2.09. The second kappa shape index (κ2) is 4.89. The lowest BCUT2D eigenvalue weighted by atomic mass is 10.1. The Morgan fingerprint density at radius 1 is 0.611 bits per heavy atom. The normalized spacial score (nSPS) is 15.8. The van der Waals surface area contributed by atoms with Gasteiger partial charge < -0.3 is 0 Å². The SMILES string of the molecule is C1=CC(=Cc2cccc(C=C3C=CC=C3)c2)C=C1. The Labute approximate surface area is 108 Å². The molecular formula is C18H14. The van der Waals surface area contributed by atoms with Crippen molar-refractivity contribution in [3.05, 3.63) is 95.1 Å². The molecule has 0 aromatic heterocycles. The molecule has 0 radical (unpaired) electrons. The first-order valence-corrected chi connectivity index (χ1v) is 6.13. The minimum Gasteiger partial charge on any atom is -0.0617 e. The molecule has 86 valence electrons. The fraction of sp³-hybridized carbons (Fsp3) is 0. The van der Waals surface area contributed by atoms with Gasteiger partial charge in [-0.3, -0.25) is 0 Å². The lowest BCUT2D eigenvalue weighted by Crippen LogP contribution is -1.78. The standard InChI is InChI=1S/C18H14/c1-2-7-15(6-1)12-17-10-5-11-18(14-17)13-16-8-3-4-9-16/h1-14H. The smallest absolute Gasteiger partial charge is 0.0245 e. The summed E-state index contributed by atoms with van der Waals surface area (Å²) in [5.74, 6) is 0. The Bertz CT molecular complexity index is 551. The first-order chi connectivity index (χ1) is 8.90. The van der Waals surface area contributed by atoms with E-state index in [1.807, 2.05) is 0 Å². The maximum atomic E-state index is 2.21. The lowest BCUT2D eigenvalue weighted by Gasteiger charge is -1.99. The third-order valence-corrected chi connectivity index (χ3v) is 2.95. The molecule has 0 N–H and O–H groups in total. The first kappa shape index (κ1) is 10.8. The van der Waals surface area contributed by atoms with Crippen molar-refractivity contribution in [2.75, 3.05) is 0 Å². The van der Waals surface area contributed by atoms with Gasteiger partial charge in [0.05, 0.1) is 0 Å². The summed E-state index contributed by atoms with van der Waals surface area (Å²) < 4.78 is 0. The second-order valence-electron chi connectivity index (χ2n) is 4.40. The molecule has 1 aromatic rings. The molecule has 0 fully saturated rings. The summed E-state index contributed by atoms with van der Waals surface area (Å²) in [7, 11) is 0. The van der Waals surface area contributed by atoms with Gasteiger partial charge in [0.2, 0.25) is 0 Å². The molecule has 0 bridgehead atoms. The Morgan fingerprint density at radius 3 is 1.50 bits per heavy atom. The van der Waals surface area contributed by atoms with Crippen molar-refractivity contribution >= 4 is 12.2 Å². The van der Waals surface area contributed by atoms with Crippen molar-refractivity contribution in [2.24, 2.45) is 0 Å². The molecular weight excluding hydrogens is 216 g/mol. The highest BCUT2D eigenvalue weighted by atomic mass is 14.0. The Kier molecular flexibility index (Phi) is 2.93. The zero-order chi connectivity index (χ0) is 12.2. The van der Waals surface area contributed by atoms with Crippen LogP contribution in [-0.2, 0) is 0 Å². The van der Waals surface area contributed by atoms with Gasteiger partial charge in [-0.15, -0.1) is 0 Å². The Balaban J connectivity index is 1.89. The van der Waals surface area contributed by atoms with Gasteiger partial charge in [0.15, 0.2) is 0 Å². The average molecular weight is 230 g/mol. The van der Waals surface area contributed by atoms with E-state index in [1.54, 1.807) is 0 Å². The summed E-state index contributed by atoms with van der Waals surface area (Å²) in [6, 6.07) is 8.58. The van der Waals surface area contributed by atoms with Crippen LogP contribution in [0.3, 0.4) is 0 Å². The highest BCUT2D eigenvalue weighted by Crippen LogP contribution is 2.17. The number of hydrogen-bond donors (Lipinski definition) is 0. The second-order valence-corrected chi connectivity index (χ2v) is 4.40. The number of benzene rings is 1. The van der Waals surface area contributed by atoms with E-state index in [1.165, 1.54) is 22.3 Å². The van der Waals surface area contributed by atoms with Gasteiger partial charge in [-0.1, -0.05) is 66.8 Å². The molecule has 0 heteroatoms. The molecule has 1 aromatic carbocycles. The van der Waals surface area contributed by atoms with E-state index in [-0.39, 0.29) is 0 Å². The Hall–Kier alpha value is -2.34. The van der Waals surface area contributed by atoms with Crippen LogP contribution in [0.4, 0.5) is 0 Å². The summed E-state index contributed by atoms with van der Waals surface area (Å²) in [6.07, 6.45) is 21.1. The molecule has 0 heterocycles. The summed E-state index contributed by atoms with van der Waals surface area (Å²) in [6.45, 7) is 0. The molecule has 0 nitrogen and oxygen atoms in total. The molecule has 0 saturated heterocycles. The number of hydrogen-bond acceptors (Lipinski definition) is 0. The van der Waals surface area contributed by atoms with Crippen LogP contribution >= 0.6 is 0 Å². The molecule has 2 aliphatic rings. The minimum atomic E-state index is 1.24. The molecule has 0 aliphatic heterocycles. The van der Waals surface area contributed by atoms with Crippen molar-refractivity contribution in [1.82, 2.24) is 0 Å². The van der Waals surface area contributed by atoms with Gasteiger partial charge in [-0.2, -0.15) is 0 Å². The minimum absolute atomic E-state index is 1.24. The van der Waals surface area contributed by atoms with E-state index in [2.05, 4.69) is 85.0 Å². The third kappa shape index (κ3) is 2.49. The van der Waals surface area contributed by atoms with Crippen molar-refractivity contribution in [3.8, 4) is 0 Å². The third-order valence-electron chi connectivity index (χ3n) is 2.95. The Morgan fingerprint density at radius 2 is 1.06 bits per heavy atom. The summed E-state index contributed by atoms with van der Waals surface area (Å²) in [5.41, 5.74) is 4.98.